The van der Waals surface area contributed by atoms with Crippen molar-refractivity contribution >= 4 is 45.2 Å². The quantitative estimate of drug-likeness (QED) is 0.330. The van der Waals surface area contributed by atoms with Gasteiger partial charge in [0, 0.05) is 15.7 Å². The zero-order chi connectivity index (χ0) is 23.6. The molecule has 0 saturated heterocycles. The summed E-state index contributed by atoms with van der Waals surface area (Å²) in [4.78, 5) is 24.9. The van der Waals surface area contributed by atoms with Gasteiger partial charge in [0.05, 0.1) is 12.8 Å². The molecular formula is C25H20BrN3O4. The molecule has 0 spiro atoms. The number of amides is 2. The zero-order valence-electron chi connectivity index (χ0n) is 17.7. The maximum atomic E-state index is 12.5. The highest BCUT2D eigenvalue weighted by Crippen LogP contribution is 2.27. The number of methoxy groups -OCH3 is 1. The molecule has 8 heteroatoms. The van der Waals surface area contributed by atoms with Crippen molar-refractivity contribution in [1.29, 1.82) is 5.26 Å². The summed E-state index contributed by atoms with van der Waals surface area (Å²) in [5.41, 5.74) is 1.45. The molecule has 0 aromatic heterocycles. The van der Waals surface area contributed by atoms with Crippen LogP contribution in [-0.2, 0) is 9.59 Å². The van der Waals surface area contributed by atoms with Crippen LogP contribution in [-0.4, -0.2) is 25.5 Å². The minimum absolute atomic E-state index is 0.111. The highest BCUT2D eigenvalue weighted by Gasteiger charge is 2.13. The van der Waals surface area contributed by atoms with Crippen molar-refractivity contribution in [1.82, 2.24) is 0 Å². The van der Waals surface area contributed by atoms with E-state index in [4.69, 9.17) is 9.47 Å². The average molecular weight is 506 g/mol. The number of nitrogens with one attached hydrogen (secondary N) is 2. The van der Waals surface area contributed by atoms with Gasteiger partial charge in [-0.05, 0) is 48.5 Å². The fraction of sp³-hybridized carbons (Fsp3) is 0.0800. The molecule has 3 rings (SSSR count). The number of halogens is 1. The molecule has 0 aliphatic heterocycles. The third kappa shape index (κ3) is 6.69. The summed E-state index contributed by atoms with van der Waals surface area (Å²) in [5, 5.41) is 14.9. The average Bonchev–Trinajstić information content (AvgIpc) is 2.82. The molecule has 166 valence electrons. The first kappa shape index (κ1) is 23.6. The molecule has 33 heavy (non-hydrogen) atoms. The van der Waals surface area contributed by atoms with E-state index in [0.717, 1.165) is 4.47 Å². The van der Waals surface area contributed by atoms with Crippen LogP contribution >= 0.6 is 15.9 Å². The molecule has 7 nitrogen and oxygen atoms in total. The number of rotatable bonds is 8. The molecule has 0 aliphatic rings. The summed E-state index contributed by atoms with van der Waals surface area (Å²) in [5.74, 6) is -0.0712. The van der Waals surface area contributed by atoms with Crippen LogP contribution in [0.3, 0.4) is 0 Å². The second-order valence-electron chi connectivity index (χ2n) is 6.71. The summed E-state index contributed by atoms with van der Waals surface area (Å²) >= 11 is 3.38. The van der Waals surface area contributed by atoms with Crippen molar-refractivity contribution in [3.63, 3.8) is 0 Å². The number of carbonyl (C=O) groups is 2. The topological polar surface area (TPSA) is 100 Å². The predicted octanol–water partition coefficient (Wildman–Crippen LogP) is 5.02. The van der Waals surface area contributed by atoms with Gasteiger partial charge >= 0.3 is 0 Å². The van der Waals surface area contributed by atoms with E-state index in [-0.39, 0.29) is 18.1 Å². The Labute approximate surface area is 199 Å². The van der Waals surface area contributed by atoms with Gasteiger partial charge in [0.25, 0.3) is 11.8 Å². The van der Waals surface area contributed by atoms with Gasteiger partial charge in [-0.2, -0.15) is 5.26 Å². The molecule has 0 unspecified atom stereocenters. The number of carbonyl (C=O) groups excluding carboxylic acids is 2. The number of anilines is 2. The summed E-state index contributed by atoms with van der Waals surface area (Å²) in [6.07, 6.45) is 1.41. The van der Waals surface area contributed by atoms with Crippen LogP contribution in [0, 0.1) is 11.3 Å². The normalized spacial score (nSPS) is 10.6. The molecular weight excluding hydrogens is 486 g/mol. The van der Waals surface area contributed by atoms with Crippen molar-refractivity contribution in [2.45, 2.75) is 0 Å². The lowest BCUT2D eigenvalue weighted by molar-refractivity contribution is -0.118. The van der Waals surface area contributed by atoms with Gasteiger partial charge in [0.1, 0.15) is 23.1 Å². The Balaban J connectivity index is 1.74. The van der Waals surface area contributed by atoms with E-state index in [9.17, 15) is 14.9 Å². The number of ether oxygens (including phenoxy) is 2. The van der Waals surface area contributed by atoms with Crippen LogP contribution in [0.5, 0.6) is 11.5 Å². The standard InChI is InChI=1S/C25H20BrN3O4/c1-32-23-10-6-5-9-21(23)29-24(30)16-33-22-12-11-19(26)14-17(22)13-18(15-27)25(31)28-20-7-3-2-4-8-20/h2-14H,16H2,1H3,(H,28,31)(H,29,30)/b18-13+. The summed E-state index contributed by atoms with van der Waals surface area (Å²) in [6, 6.07) is 22.9. The van der Waals surface area contributed by atoms with E-state index in [1.54, 1.807) is 66.7 Å². The Bertz CT molecular complexity index is 1220. The van der Waals surface area contributed by atoms with Crippen molar-refractivity contribution in [3.05, 3.63) is 88.4 Å². The second kappa shape index (κ2) is 11.5. The van der Waals surface area contributed by atoms with Crippen molar-refractivity contribution in [3.8, 4) is 17.6 Å². The lowest BCUT2D eigenvalue weighted by atomic mass is 10.1. The number of nitriles is 1. The Morgan fingerprint density at radius 2 is 1.73 bits per heavy atom. The summed E-state index contributed by atoms with van der Waals surface area (Å²) < 4.78 is 11.6. The van der Waals surface area contributed by atoms with E-state index in [1.807, 2.05) is 12.1 Å². The smallest absolute Gasteiger partial charge is 0.266 e. The molecule has 3 aromatic carbocycles. The molecule has 0 fully saturated rings. The predicted molar refractivity (Wildman–Crippen MR) is 130 cm³/mol. The SMILES string of the molecule is COc1ccccc1NC(=O)COc1ccc(Br)cc1/C=C(\C#N)C(=O)Nc1ccccc1. The van der Waals surface area contributed by atoms with E-state index >= 15 is 0 Å². The molecule has 0 heterocycles. The van der Waals surface area contributed by atoms with Crippen LogP contribution in [0.25, 0.3) is 6.08 Å². The van der Waals surface area contributed by atoms with Gasteiger partial charge in [-0.15, -0.1) is 0 Å². The Morgan fingerprint density at radius 1 is 1.00 bits per heavy atom. The molecule has 0 radical (unpaired) electrons. The first-order valence-corrected chi connectivity index (χ1v) is 10.6. The number of hydrogen-bond acceptors (Lipinski definition) is 5. The Hall–Kier alpha value is -4.09. The third-order valence-corrected chi connectivity index (χ3v) is 4.90. The minimum atomic E-state index is -0.552. The zero-order valence-corrected chi connectivity index (χ0v) is 19.3. The Morgan fingerprint density at radius 3 is 2.45 bits per heavy atom. The number of para-hydroxylation sites is 3. The van der Waals surface area contributed by atoms with Crippen LogP contribution in [0.15, 0.2) is 82.8 Å². The maximum absolute atomic E-state index is 12.5. The van der Waals surface area contributed by atoms with E-state index < -0.39 is 5.91 Å². The Kier molecular flexibility index (Phi) is 8.22. The highest BCUT2D eigenvalue weighted by atomic mass is 79.9. The fourth-order valence-corrected chi connectivity index (χ4v) is 3.24. The number of benzene rings is 3. The van der Waals surface area contributed by atoms with Crippen LogP contribution in [0.4, 0.5) is 11.4 Å². The minimum Gasteiger partial charge on any atom is -0.495 e. The number of nitrogens with zero attached hydrogens (tertiary/aromatic N) is 1. The lowest BCUT2D eigenvalue weighted by Gasteiger charge is -2.12. The van der Waals surface area contributed by atoms with Gasteiger partial charge in [-0.1, -0.05) is 46.3 Å². The van der Waals surface area contributed by atoms with Gasteiger partial charge in [-0.25, -0.2) is 0 Å². The highest BCUT2D eigenvalue weighted by molar-refractivity contribution is 9.10. The first-order chi connectivity index (χ1) is 16.0. The van der Waals surface area contributed by atoms with Gasteiger partial charge in [0.15, 0.2) is 6.61 Å². The molecule has 0 atom stereocenters. The van der Waals surface area contributed by atoms with E-state index in [1.165, 1.54) is 13.2 Å². The number of hydrogen-bond donors (Lipinski definition) is 2. The van der Waals surface area contributed by atoms with Gasteiger partial charge < -0.3 is 20.1 Å². The van der Waals surface area contributed by atoms with E-state index in [0.29, 0.717) is 28.4 Å². The summed E-state index contributed by atoms with van der Waals surface area (Å²) in [6.45, 7) is -0.279. The van der Waals surface area contributed by atoms with Crippen molar-refractivity contribution < 1.29 is 19.1 Å². The fourth-order valence-electron chi connectivity index (χ4n) is 2.87. The van der Waals surface area contributed by atoms with Gasteiger partial charge in [-0.3, -0.25) is 9.59 Å². The molecule has 3 aromatic rings. The van der Waals surface area contributed by atoms with Gasteiger partial charge in [0.2, 0.25) is 0 Å². The largest absolute Gasteiger partial charge is 0.495 e. The van der Waals surface area contributed by atoms with Crippen LogP contribution in [0.1, 0.15) is 5.56 Å². The maximum Gasteiger partial charge on any atom is 0.266 e. The monoisotopic (exact) mass is 505 g/mol. The van der Waals surface area contributed by atoms with E-state index in [2.05, 4.69) is 26.6 Å². The van der Waals surface area contributed by atoms with Crippen molar-refractivity contribution in [2.24, 2.45) is 0 Å². The molecule has 0 saturated carbocycles. The third-order valence-electron chi connectivity index (χ3n) is 4.41. The van der Waals surface area contributed by atoms with Crippen LogP contribution in [0.2, 0.25) is 0 Å². The lowest BCUT2D eigenvalue weighted by Crippen LogP contribution is -2.20. The molecule has 0 bridgehead atoms. The molecule has 0 aliphatic carbocycles. The first-order valence-electron chi connectivity index (χ1n) is 9.83. The van der Waals surface area contributed by atoms with Crippen molar-refractivity contribution in [2.75, 3.05) is 24.4 Å². The molecule has 2 N–H and O–H groups in total. The summed E-state index contributed by atoms with van der Waals surface area (Å²) in [7, 11) is 1.52. The second-order valence-corrected chi connectivity index (χ2v) is 7.62. The van der Waals surface area contributed by atoms with Crippen LogP contribution < -0.4 is 20.1 Å². The molecule has 2 amide bonds.